The molecule has 152 valence electrons. The Morgan fingerprint density at radius 3 is 2.24 bits per heavy atom. The number of piperidine rings is 1. The van der Waals surface area contributed by atoms with Gasteiger partial charge in [0.2, 0.25) is 5.91 Å². The van der Waals surface area contributed by atoms with Gasteiger partial charge in [0.15, 0.2) is 0 Å². The van der Waals surface area contributed by atoms with Gasteiger partial charge in [-0.1, -0.05) is 55.0 Å². The summed E-state index contributed by atoms with van der Waals surface area (Å²) in [6.45, 7) is 1.57. The summed E-state index contributed by atoms with van der Waals surface area (Å²) in [5.74, 6) is -0.0935. The number of amides is 1. The molecule has 0 aromatic heterocycles. The highest BCUT2D eigenvalue weighted by Crippen LogP contribution is 2.45. The predicted molar refractivity (Wildman–Crippen MR) is 113 cm³/mol. The van der Waals surface area contributed by atoms with Crippen LogP contribution in [0.1, 0.15) is 53.6 Å². The van der Waals surface area contributed by atoms with Crippen LogP contribution in [-0.2, 0) is 17.6 Å². The molecule has 2 aromatic rings. The summed E-state index contributed by atoms with van der Waals surface area (Å²) >= 11 is 0. The molecule has 1 aliphatic carbocycles. The second-order valence-electron chi connectivity index (χ2n) is 8.70. The third-order valence-corrected chi connectivity index (χ3v) is 6.81. The van der Waals surface area contributed by atoms with E-state index in [4.69, 9.17) is 0 Å². The highest BCUT2D eigenvalue weighted by Gasteiger charge is 2.46. The number of carbonyl (C=O) groups is 2. The van der Waals surface area contributed by atoms with E-state index in [0.29, 0.717) is 17.4 Å². The van der Waals surface area contributed by atoms with Crippen LogP contribution >= 0.6 is 0 Å². The topological polar surface area (TPSA) is 57.6 Å². The Morgan fingerprint density at radius 2 is 1.62 bits per heavy atom. The van der Waals surface area contributed by atoms with Crippen molar-refractivity contribution in [3.8, 4) is 0 Å². The Labute approximate surface area is 172 Å². The van der Waals surface area contributed by atoms with Gasteiger partial charge in [-0.15, -0.1) is 0 Å². The SMILES string of the molecule is O=C(O)c1ccccc1CC1CCN(C(=O)C2(Cc3ccccc3)CCC2)CC1. The maximum atomic E-state index is 13.4. The maximum Gasteiger partial charge on any atom is 0.335 e. The summed E-state index contributed by atoms with van der Waals surface area (Å²) in [5.41, 5.74) is 2.36. The fourth-order valence-electron chi connectivity index (χ4n) is 4.95. The summed E-state index contributed by atoms with van der Waals surface area (Å²) in [6.07, 6.45) is 6.64. The van der Waals surface area contributed by atoms with Crippen molar-refractivity contribution in [1.29, 1.82) is 0 Å². The molecule has 2 aliphatic rings. The molecule has 0 atom stereocenters. The van der Waals surface area contributed by atoms with Crippen LogP contribution < -0.4 is 0 Å². The quantitative estimate of drug-likeness (QED) is 0.784. The number of likely N-dealkylation sites (tertiary alicyclic amines) is 1. The lowest BCUT2D eigenvalue weighted by Gasteiger charge is -2.45. The minimum Gasteiger partial charge on any atom is -0.478 e. The number of carboxylic acid groups (broad SMARTS) is 1. The van der Waals surface area contributed by atoms with E-state index in [0.717, 1.165) is 63.6 Å². The molecule has 4 nitrogen and oxygen atoms in total. The molecule has 4 heteroatoms. The average Bonchev–Trinajstić information content (AvgIpc) is 2.72. The summed E-state index contributed by atoms with van der Waals surface area (Å²) in [7, 11) is 0. The molecule has 1 saturated heterocycles. The van der Waals surface area contributed by atoms with Crippen LogP contribution in [0.4, 0.5) is 0 Å². The Bertz CT molecular complexity index is 865. The minimum atomic E-state index is -0.860. The number of benzene rings is 2. The standard InChI is InChI=1S/C25H29NO3/c27-23(28)22-10-5-4-9-21(22)17-19-11-15-26(16-12-19)24(29)25(13-6-14-25)18-20-7-2-1-3-8-20/h1-5,7-10,19H,6,11-18H2,(H,27,28). The fraction of sp³-hybridized carbons (Fsp3) is 0.440. The van der Waals surface area contributed by atoms with E-state index in [2.05, 4.69) is 17.0 Å². The van der Waals surface area contributed by atoms with E-state index < -0.39 is 5.97 Å². The molecule has 4 rings (SSSR count). The van der Waals surface area contributed by atoms with Crippen molar-refractivity contribution >= 4 is 11.9 Å². The highest BCUT2D eigenvalue weighted by atomic mass is 16.4. The third-order valence-electron chi connectivity index (χ3n) is 6.81. The number of carbonyl (C=O) groups excluding carboxylic acids is 1. The van der Waals surface area contributed by atoms with Gasteiger partial charge >= 0.3 is 5.97 Å². The lowest BCUT2D eigenvalue weighted by Crippen LogP contribution is -2.51. The molecule has 1 aliphatic heterocycles. The minimum absolute atomic E-state index is 0.204. The van der Waals surface area contributed by atoms with Crippen molar-refractivity contribution in [2.45, 2.75) is 44.9 Å². The number of hydrogen-bond acceptors (Lipinski definition) is 2. The largest absolute Gasteiger partial charge is 0.478 e. The Morgan fingerprint density at radius 1 is 0.966 bits per heavy atom. The zero-order chi connectivity index (χ0) is 20.3. The third kappa shape index (κ3) is 4.21. The molecule has 0 bridgehead atoms. The van der Waals surface area contributed by atoms with E-state index in [1.807, 2.05) is 30.3 Å². The van der Waals surface area contributed by atoms with Gasteiger partial charge < -0.3 is 10.0 Å². The Hall–Kier alpha value is -2.62. The van der Waals surface area contributed by atoms with Gasteiger partial charge in [-0.3, -0.25) is 4.79 Å². The zero-order valence-electron chi connectivity index (χ0n) is 16.8. The summed E-state index contributed by atoms with van der Waals surface area (Å²) < 4.78 is 0. The Kier molecular flexibility index (Phi) is 5.70. The Balaban J connectivity index is 1.37. The van der Waals surface area contributed by atoms with Crippen molar-refractivity contribution in [3.63, 3.8) is 0 Å². The number of rotatable bonds is 6. The number of hydrogen-bond donors (Lipinski definition) is 1. The van der Waals surface area contributed by atoms with Crippen LogP contribution in [0.2, 0.25) is 0 Å². The smallest absolute Gasteiger partial charge is 0.335 e. The summed E-state index contributed by atoms with van der Waals surface area (Å²) in [6, 6.07) is 17.7. The molecule has 1 heterocycles. The maximum absolute atomic E-state index is 13.4. The predicted octanol–water partition coefficient (Wildman–Crippen LogP) is 4.58. The summed E-state index contributed by atoms with van der Waals surface area (Å²) in [5, 5.41) is 9.40. The van der Waals surface area contributed by atoms with Crippen molar-refractivity contribution in [3.05, 3.63) is 71.3 Å². The van der Waals surface area contributed by atoms with Gasteiger partial charge in [-0.25, -0.2) is 4.79 Å². The average molecular weight is 392 g/mol. The monoisotopic (exact) mass is 391 g/mol. The van der Waals surface area contributed by atoms with Crippen molar-refractivity contribution in [1.82, 2.24) is 4.90 Å². The fourth-order valence-corrected chi connectivity index (χ4v) is 4.95. The van der Waals surface area contributed by atoms with Crippen molar-refractivity contribution < 1.29 is 14.7 Å². The van der Waals surface area contributed by atoms with E-state index in [1.54, 1.807) is 12.1 Å². The number of nitrogens with zero attached hydrogens (tertiary/aromatic N) is 1. The molecule has 2 aromatic carbocycles. The molecular formula is C25H29NO3. The normalized spacial score (nSPS) is 18.8. The molecule has 0 radical (unpaired) electrons. The molecule has 0 unspecified atom stereocenters. The number of aromatic carboxylic acids is 1. The lowest BCUT2D eigenvalue weighted by atomic mass is 9.64. The van der Waals surface area contributed by atoms with E-state index in [1.165, 1.54) is 5.56 Å². The van der Waals surface area contributed by atoms with E-state index in [-0.39, 0.29) is 5.41 Å². The molecule has 2 fully saturated rings. The van der Waals surface area contributed by atoms with Crippen LogP contribution in [0.15, 0.2) is 54.6 Å². The summed E-state index contributed by atoms with van der Waals surface area (Å²) in [4.78, 5) is 26.9. The first-order valence-electron chi connectivity index (χ1n) is 10.7. The van der Waals surface area contributed by atoms with Crippen LogP contribution in [0.25, 0.3) is 0 Å². The second-order valence-corrected chi connectivity index (χ2v) is 8.70. The number of carboxylic acids is 1. The molecule has 29 heavy (non-hydrogen) atoms. The zero-order valence-corrected chi connectivity index (χ0v) is 16.8. The van der Waals surface area contributed by atoms with Gasteiger partial charge in [0, 0.05) is 13.1 Å². The highest BCUT2D eigenvalue weighted by molar-refractivity contribution is 5.89. The molecule has 1 amide bonds. The molecule has 1 saturated carbocycles. The first-order valence-corrected chi connectivity index (χ1v) is 10.7. The first-order chi connectivity index (χ1) is 14.1. The van der Waals surface area contributed by atoms with Crippen molar-refractivity contribution in [2.75, 3.05) is 13.1 Å². The van der Waals surface area contributed by atoms with Crippen LogP contribution in [0.5, 0.6) is 0 Å². The van der Waals surface area contributed by atoms with Crippen LogP contribution in [0.3, 0.4) is 0 Å². The van der Waals surface area contributed by atoms with Gasteiger partial charge in [0.25, 0.3) is 0 Å². The van der Waals surface area contributed by atoms with Crippen LogP contribution in [-0.4, -0.2) is 35.0 Å². The van der Waals surface area contributed by atoms with E-state index in [9.17, 15) is 14.7 Å². The molecular weight excluding hydrogens is 362 g/mol. The van der Waals surface area contributed by atoms with Gasteiger partial charge in [0.05, 0.1) is 11.0 Å². The van der Waals surface area contributed by atoms with Gasteiger partial charge in [0.1, 0.15) is 0 Å². The lowest BCUT2D eigenvalue weighted by molar-refractivity contribution is -0.149. The van der Waals surface area contributed by atoms with E-state index >= 15 is 0 Å². The first kappa shape index (κ1) is 19.7. The molecule has 0 spiro atoms. The van der Waals surface area contributed by atoms with Crippen molar-refractivity contribution in [2.24, 2.45) is 11.3 Å². The van der Waals surface area contributed by atoms with Gasteiger partial charge in [-0.2, -0.15) is 0 Å². The molecule has 1 N–H and O–H groups in total. The second kappa shape index (κ2) is 8.40. The van der Waals surface area contributed by atoms with Crippen LogP contribution in [0, 0.1) is 11.3 Å². The van der Waals surface area contributed by atoms with Gasteiger partial charge in [-0.05, 0) is 61.6 Å².